The molecule has 2 nitrogen and oxygen atoms in total. The third kappa shape index (κ3) is 6.65. The largest absolute Gasteiger partial charge is 0.307 e. The van der Waals surface area contributed by atoms with Crippen molar-refractivity contribution in [2.24, 2.45) is 0 Å². The molecule has 0 radical (unpaired) electrons. The molecule has 0 aliphatic rings. The summed E-state index contributed by atoms with van der Waals surface area (Å²) < 4.78 is 34.7. The van der Waals surface area contributed by atoms with E-state index in [1.807, 2.05) is 6.92 Å². The van der Waals surface area contributed by atoms with Crippen molar-refractivity contribution in [3.8, 4) is 22.5 Å². The van der Waals surface area contributed by atoms with Crippen LogP contribution in [0.25, 0.3) is 66.1 Å². The summed E-state index contributed by atoms with van der Waals surface area (Å²) in [7, 11) is 0. The monoisotopic (exact) mass is 758 g/mol. The third-order valence-electron chi connectivity index (χ3n) is 12.0. The zero-order valence-corrected chi connectivity index (χ0v) is 36.0. The molecular weight excluding hydrogens is 703 g/mol. The highest BCUT2D eigenvalue weighted by atomic mass is 19.1. The summed E-state index contributed by atoms with van der Waals surface area (Å²) in [5, 5.41) is 4.77. The van der Waals surface area contributed by atoms with Gasteiger partial charge in [0.15, 0.2) is 0 Å². The highest BCUT2D eigenvalue weighted by Crippen LogP contribution is 2.44. The number of hydrogen-bond acceptors (Lipinski definition) is 0. The molecule has 0 N–H and O–H groups in total. The van der Waals surface area contributed by atoms with E-state index in [0.29, 0.717) is 5.56 Å². The zero-order valence-electron chi connectivity index (χ0n) is 36.0. The van der Waals surface area contributed by atoms with Gasteiger partial charge >= 0.3 is 0 Å². The lowest BCUT2D eigenvalue weighted by Gasteiger charge is -2.22. The van der Waals surface area contributed by atoms with Gasteiger partial charge in [0, 0.05) is 27.6 Å². The Kier molecular flexibility index (Phi) is 8.74. The molecule has 0 aliphatic carbocycles. The molecular formula is C53H56F2N2. The van der Waals surface area contributed by atoms with Crippen molar-refractivity contribution in [3.05, 3.63) is 143 Å². The SMILES string of the molecule is Cc1cc(-n2c3ccc(C(C)(C)C)cc3c3cc(C(C)(C)C)ccc32)c(-n2c3ccc(C(C)(C)C)cc3c3cc(C(C)(C)C)ccc32)cc1-c1cc(F)cc(F)c1. The maximum absolute atomic E-state index is 14.9. The molecule has 4 heteroatoms. The number of nitrogens with zero attached hydrogens (tertiary/aromatic N) is 2. The smallest absolute Gasteiger partial charge is 0.126 e. The van der Waals surface area contributed by atoms with E-state index in [1.54, 1.807) is 0 Å². The molecule has 2 heterocycles. The van der Waals surface area contributed by atoms with Crippen LogP contribution in [0.3, 0.4) is 0 Å². The Labute approximate surface area is 337 Å². The predicted octanol–water partition coefficient (Wildman–Crippen LogP) is 15.3. The van der Waals surface area contributed by atoms with Gasteiger partial charge in [-0.1, -0.05) is 107 Å². The zero-order chi connectivity index (χ0) is 41.1. The molecule has 0 saturated heterocycles. The lowest BCUT2D eigenvalue weighted by atomic mass is 9.85. The summed E-state index contributed by atoms with van der Waals surface area (Å²) in [6.45, 7) is 29.2. The second-order valence-corrected chi connectivity index (χ2v) is 20.4. The Morgan fingerprint density at radius 3 is 0.965 bits per heavy atom. The first kappa shape index (κ1) is 38.6. The van der Waals surface area contributed by atoms with Crippen molar-refractivity contribution >= 4 is 43.6 Å². The van der Waals surface area contributed by atoms with E-state index in [0.717, 1.165) is 50.6 Å². The molecule has 292 valence electrons. The van der Waals surface area contributed by atoms with E-state index in [4.69, 9.17) is 0 Å². The fourth-order valence-electron chi connectivity index (χ4n) is 8.49. The number of halogens is 2. The van der Waals surface area contributed by atoms with Crippen molar-refractivity contribution in [1.29, 1.82) is 0 Å². The van der Waals surface area contributed by atoms with Gasteiger partial charge in [-0.25, -0.2) is 8.78 Å². The van der Waals surface area contributed by atoms with Gasteiger partial charge in [0.2, 0.25) is 0 Å². The van der Waals surface area contributed by atoms with Crippen LogP contribution < -0.4 is 0 Å². The van der Waals surface area contributed by atoms with Gasteiger partial charge in [-0.3, -0.25) is 0 Å². The number of aromatic nitrogens is 2. The minimum absolute atomic E-state index is 0.0331. The van der Waals surface area contributed by atoms with Crippen molar-refractivity contribution in [3.63, 3.8) is 0 Å². The molecule has 8 rings (SSSR count). The van der Waals surface area contributed by atoms with Crippen molar-refractivity contribution < 1.29 is 8.78 Å². The van der Waals surface area contributed by atoms with Gasteiger partial charge in [-0.05, 0) is 140 Å². The third-order valence-corrected chi connectivity index (χ3v) is 12.0. The molecule has 0 unspecified atom stereocenters. The average Bonchev–Trinajstić information content (AvgIpc) is 3.61. The van der Waals surface area contributed by atoms with Crippen LogP contribution in [0.1, 0.15) is 111 Å². The topological polar surface area (TPSA) is 9.86 Å². The molecule has 0 amide bonds. The van der Waals surface area contributed by atoms with E-state index < -0.39 is 11.6 Å². The molecule has 8 aromatic rings. The van der Waals surface area contributed by atoms with Gasteiger partial charge < -0.3 is 9.13 Å². The van der Waals surface area contributed by atoms with Gasteiger partial charge in [0.1, 0.15) is 11.6 Å². The van der Waals surface area contributed by atoms with E-state index in [-0.39, 0.29) is 21.7 Å². The van der Waals surface area contributed by atoms with Crippen LogP contribution in [0.4, 0.5) is 8.78 Å². The predicted molar refractivity (Wildman–Crippen MR) is 240 cm³/mol. The van der Waals surface area contributed by atoms with Gasteiger partial charge in [-0.2, -0.15) is 0 Å². The first-order valence-corrected chi connectivity index (χ1v) is 20.3. The van der Waals surface area contributed by atoms with Crippen molar-refractivity contribution in [2.45, 2.75) is 112 Å². The van der Waals surface area contributed by atoms with Crippen LogP contribution in [0.2, 0.25) is 0 Å². The lowest BCUT2D eigenvalue weighted by molar-refractivity contribution is 0.584. The number of rotatable bonds is 3. The highest BCUT2D eigenvalue weighted by molar-refractivity contribution is 6.12. The Bertz CT molecular complexity index is 2740. The summed E-state index contributed by atoms with van der Waals surface area (Å²) in [6.07, 6.45) is 0. The number of benzene rings is 6. The lowest BCUT2D eigenvalue weighted by Crippen LogP contribution is -2.11. The van der Waals surface area contributed by atoms with E-state index in [1.165, 1.54) is 55.9 Å². The molecule has 0 aliphatic heterocycles. The number of hydrogen-bond donors (Lipinski definition) is 0. The van der Waals surface area contributed by atoms with E-state index >= 15 is 0 Å². The van der Waals surface area contributed by atoms with Crippen LogP contribution in [0.5, 0.6) is 0 Å². The Balaban J connectivity index is 1.56. The Hall–Kier alpha value is -5.22. The minimum atomic E-state index is -0.594. The number of fused-ring (bicyclic) bond motifs is 6. The van der Waals surface area contributed by atoms with Crippen LogP contribution in [0, 0.1) is 18.6 Å². The molecule has 2 aromatic heterocycles. The molecule has 57 heavy (non-hydrogen) atoms. The van der Waals surface area contributed by atoms with Crippen LogP contribution in [-0.4, -0.2) is 9.13 Å². The Morgan fingerprint density at radius 1 is 0.368 bits per heavy atom. The molecule has 0 saturated carbocycles. The van der Waals surface area contributed by atoms with Crippen molar-refractivity contribution in [2.75, 3.05) is 0 Å². The van der Waals surface area contributed by atoms with E-state index in [2.05, 4.69) is 177 Å². The maximum atomic E-state index is 14.9. The molecule has 0 bridgehead atoms. The summed E-state index contributed by atoms with van der Waals surface area (Å²) in [5.41, 5.74) is 13.5. The van der Waals surface area contributed by atoms with Gasteiger partial charge in [0.25, 0.3) is 0 Å². The molecule has 0 spiro atoms. The normalized spacial score (nSPS) is 13.2. The molecule has 0 atom stereocenters. The minimum Gasteiger partial charge on any atom is -0.307 e. The van der Waals surface area contributed by atoms with Crippen LogP contribution >= 0.6 is 0 Å². The summed E-state index contributed by atoms with van der Waals surface area (Å²) in [5.74, 6) is -1.19. The maximum Gasteiger partial charge on any atom is 0.126 e. The second kappa shape index (κ2) is 12.9. The van der Waals surface area contributed by atoms with Gasteiger partial charge in [-0.15, -0.1) is 0 Å². The van der Waals surface area contributed by atoms with Crippen LogP contribution in [-0.2, 0) is 21.7 Å². The summed E-state index contributed by atoms with van der Waals surface area (Å²) >= 11 is 0. The fourth-order valence-corrected chi connectivity index (χ4v) is 8.49. The van der Waals surface area contributed by atoms with E-state index in [9.17, 15) is 8.78 Å². The quantitative estimate of drug-likeness (QED) is 0.170. The van der Waals surface area contributed by atoms with Crippen molar-refractivity contribution in [1.82, 2.24) is 9.13 Å². The Morgan fingerprint density at radius 2 is 0.667 bits per heavy atom. The average molecular weight is 759 g/mol. The van der Waals surface area contributed by atoms with Gasteiger partial charge in [0.05, 0.1) is 33.4 Å². The first-order valence-electron chi connectivity index (χ1n) is 20.3. The molecule has 6 aromatic carbocycles. The summed E-state index contributed by atoms with van der Waals surface area (Å²) in [6, 6.07) is 35.8. The number of aryl methyl sites for hydroxylation is 1. The molecule has 0 fully saturated rings. The van der Waals surface area contributed by atoms with Crippen LogP contribution in [0.15, 0.2) is 103 Å². The highest BCUT2D eigenvalue weighted by Gasteiger charge is 2.26. The first-order chi connectivity index (χ1) is 26.5. The standard InChI is InChI=1S/C53H56F2N2/c1-31-22-48(56-44-18-14-33(50(2,3)4)25-40(44)41-26-34(51(5,6)7)15-19-45(41)56)49(30-39(31)32-23-37(54)29-38(55)24-32)57-46-20-16-35(52(8,9)10)27-42(46)43-28-36(53(11,12)13)17-21-47(43)57/h14-30H,1-13H3. The second-order valence-electron chi connectivity index (χ2n) is 20.4. The fraction of sp³-hybridized carbons (Fsp3) is 0.321. The summed E-state index contributed by atoms with van der Waals surface area (Å²) in [4.78, 5) is 0.